The van der Waals surface area contributed by atoms with Gasteiger partial charge in [0.1, 0.15) is 5.54 Å². The predicted octanol–water partition coefficient (Wildman–Crippen LogP) is -0.436. The van der Waals surface area contributed by atoms with E-state index >= 15 is 0 Å². The molecule has 6 nitrogen and oxygen atoms in total. The lowest BCUT2D eigenvalue weighted by atomic mass is 9.92. The van der Waals surface area contributed by atoms with Gasteiger partial charge in [-0.3, -0.25) is 4.79 Å². The Balaban J connectivity index is 2.17. The van der Waals surface area contributed by atoms with Crippen molar-refractivity contribution in [3.63, 3.8) is 0 Å². The molecule has 1 aliphatic heterocycles. The Morgan fingerprint density at radius 3 is 3.07 bits per heavy atom. The quantitative estimate of drug-likeness (QED) is 0.707. The number of aryl methyl sites for hydroxylation is 1. The average Bonchev–Trinajstić information content (AvgIpc) is 2.77. The molecule has 2 heterocycles. The number of nitrogens with one attached hydrogen (secondary N) is 1. The van der Waals surface area contributed by atoms with Gasteiger partial charge < -0.3 is 10.4 Å². The van der Waals surface area contributed by atoms with Crippen LogP contribution >= 0.6 is 0 Å². The molecule has 82 valence electrons. The minimum Gasteiger partial charge on any atom is -0.480 e. The van der Waals surface area contributed by atoms with Gasteiger partial charge >= 0.3 is 5.97 Å². The van der Waals surface area contributed by atoms with Crippen LogP contribution in [-0.2, 0) is 18.3 Å². The topological polar surface area (TPSA) is 80.0 Å². The van der Waals surface area contributed by atoms with E-state index in [0.717, 1.165) is 13.0 Å². The maximum atomic E-state index is 11.2. The van der Waals surface area contributed by atoms with Gasteiger partial charge in [0.25, 0.3) is 0 Å². The summed E-state index contributed by atoms with van der Waals surface area (Å²) < 4.78 is 0. The van der Waals surface area contributed by atoms with Gasteiger partial charge in [-0.25, -0.2) is 0 Å². The SMILES string of the molecule is Cn1ncc(CC2(C(=O)O)CCCN2)n1. The molecule has 2 N–H and O–H groups in total. The predicted molar refractivity (Wildman–Crippen MR) is 52.3 cm³/mol. The molecule has 0 amide bonds. The highest BCUT2D eigenvalue weighted by molar-refractivity contribution is 5.79. The number of carboxylic acid groups (broad SMARTS) is 1. The molecular weight excluding hydrogens is 196 g/mol. The van der Waals surface area contributed by atoms with Gasteiger partial charge in [-0.05, 0) is 19.4 Å². The van der Waals surface area contributed by atoms with Crippen molar-refractivity contribution < 1.29 is 9.90 Å². The summed E-state index contributed by atoms with van der Waals surface area (Å²) in [6.07, 6.45) is 3.56. The van der Waals surface area contributed by atoms with Crippen molar-refractivity contribution >= 4 is 5.97 Å². The first-order valence-corrected chi connectivity index (χ1v) is 4.96. The zero-order valence-electron chi connectivity index (χ0n) is 8.60. The molecule has 0 aromatic carbocycles. The lowest BCUT2D eigenvalue weighted by molar-refractivity contribution is -0.144. The van der Waals surface area contributed by atoms with Crippen LogP contribution < -0.4 is 5.32 Å². The Labute approximate surface area is 87.3 Å². The Morgan fingerprint density at radius 1 is 1.80 bits per heavy atom. The smallest absolute Gasteiger partial charge is 0.324 e. The van der Waals surface area contributed by atoms with E-state index in [4.69, 9.17) is 0 Å². The summed E-state index contributed by atoms with van der Waals surface area (Å²) in [6, 6.07) is 0. The molecule has 0 spiro atoms. The van der Waals surface area contributed by atoms with Gasteiger partial charge in [0.05, 0.1) is 11.9 Å². The van der Waals surface area contributed by atoms with Crippen LogP contribution in [0.1, 0.15) is 18.5 Å². The highest BCUT2D eigenvalue weighted by atomic mass is 16.4. The van der Waals surface area contributed by atoms with Crippen LogP contribution in [0.5, 0.6) is 0 Å². The van der Waals surface area contributed by atoms with Crippen LogP contribution in [0.25, 0.3) is 0 Å². The zero-order chi connectivity index (χ0) is 10.9. The maximum Gasteiger partial charge on any atom is 0.324 e. The van der Waals surface area contributed by atoms with E-state index in [-0.39, 0.29) is 0 Å². The first kappa shape index (κ1) is 10.1. The largest absolute Gasteiger partial charge is 0.480 e. The molecule has 0 radical (unpaired) electrons. The van der Waals surface area contributed by atoms with Crippen LogP contribution in [0.4, 0.5) is 0 Å². The summed E-state index contributed by atoms with van der Waals surface area (Å²) in [5.41, 5.74) is -0.120. The number of hydrogen-bond donors (Lipinski definition) is 2. The fourth-order valence-electron chi connectivity index (χ4n) is 1.99. The zero-order valence-corrected chi connectivity index (χ0v) is 8.60. The van der Waals surface area contributed by atoms with Crippen LogP contribution in [0, 0.1) is 0 Å². The van der Waals surface area contributed by atoms with Gasteiger partial charge in [-0.15, -0.1) is 0 Å². The summed E-state index contributed by atoms with van der Waals surface area (Å²) in [5, 5.41) is 20.3. The summed E-state index contributed by atoms with van der Waals surface area (Å²) in [6.45, 7) is 0.757. The summed E-state index contributed by atoms with van der Waals surface area (Å²) in [5.74, 6) is -0.800. The van der Waals surface area contributed by atoms with E-state index < -0.39 is 11.5 Å². The molecule has 1 unspecified atom stereocenters. The molecule has 1 aromatic rings. The minimum absolute atomic E-state index is 0.399. The van der Waals surface area contributed by atoms with E-state index in [1.165, 1.54) is 4.80 Å². The van der Waals surface area contributed by atoms with Gasteiger partial charge in [0.2, 0.25) is 0 Å². The molecule has 0 bridgehead atoms. The fraction of sp³-hybridized carbons (Fsp3) is 0.667. The van der Waals surface area contributed by atoms with E-state index in [1.807, 2.05) is 0 Å². The third kappa shape index (κ3) is 1.85. The van der Waals surface area contributed by atoms with Gasteiger partial charge in [0.15, 0.2) is 0 Å². The monoisotopic (exact) mass is 210 g/mol. The summed E-state index contributed by atoms with van der Waals surface area (Å²) in [7, 11) is 1.72. The third-order valence-electron chi connectivity index (χ3n) is 2.78. The molecule has 1 aromatic heterocycles. The van der Waals surface area contributed by atoms with Crippen LogP contribution in [0.2, 0.25) is 0 Å². The molecule has 2 rings (SSSR count). The Hall–Kier alpha value is -1.43. The number of carbonyl (C=O) groups is 1. The highest BCUT2D eigenvalue weighted by Gasteiger charge is 2.41. The molecule has 0 aliphatic carbocycles. The summed E-state index contributed by atoms with van der Waals surface area (Å²) in [4.78, 5) is 12.7. The molecule has 15 heavy (non-hydrogen) atoms. The Morgan fingerprint density at radius 2 is 2.60 bits per heavy atom. The van der Waals surface area contributed by atoms with Crippen molar-refractivity contribution in [2.45, 2.75) is 24.8 Å². The Bertz CT molecular complexity index is 368. The number of nitrogens with zero attached hydrogens (tertiary/aromatic N) is 3. The second kappa shape index (κ2) is 3.62. The van der Waals surface area contributed by atoms with E-state index in [1.54, 1.807) is 13.2 Å². The lowest BCUT2D eigenvalue weighted by Gasteiger charge is -2.22. The minimum atomic E-state index is -0.837. The molecule has 1 aliphatic rings. The molecular formula is C9H14N4O2. The highest BCUT2D eigenvalue weighted by Crippen LogP contribution is 2.23. The fourth-order valence-corrected chi connectivity index (χ4v) is 1.99. The van der Waals surface area contributed by atoms with E-state index in [2.05, 4.69) is 15.5 Å². The second-order valence-electron chi connectivity index (χ2n) is 3.92. The maximum absolute atomic E-state index is 11.2. The van der Waals surface area contributed by atoms with Crippen LogP contribution in [-0.4, -0.2) is 38.2 Å². The normalized spacial score (nSPS) is 25.7. The molecule has 1 atom stereocenters. The van der Waals surface area contributed by atoms with Gasteiger partial charge in [0, 0.05) is 13.5 Å². The van der Waals surface area contributed by atoms with Gasteiger partial charge in [-0.2, -0.15) is 15.0 Å². The lowest BCUT2D eigenvalue weighted by Crippen LogP contribution is -2.49. The molecule has 6 heteroatoms. The van der Waals surface area contributed by atoms with Crippen molar-refractivity contribution in [1.29, 1.82) is 0 Å². The summed E-state index contributed by atoms with van der Waals surface area (Å²) >= 11 is 0. The van der Waals surface area contributed by atoms with Crippen molar-refractivity contribution in [2.75, 3.05) is 6.54 Å². The van der Waals surface area contributed by atoms with Crippen molar-refractivity contribution in [1.82, 2.24) is 20.3 Å². The third-order valence-corrected chi connectivity index (χ3v) is 2.78. The molecule has 1 saturated heterocycles. The first-order chi connectivity index (χ1) is 7.12. The van der Waals surface area contributed by atoms with Crippen molar-refractivity contribution in [3.05, 3.63) is 11.9 Å². The molecule has 0 saturated carbocycles. The number of hydrogen-bond acceptors (Lipinski definition) is 4. The average molecular weight is 210 g/mol. The second-order valence-corrected chi connectivity index (χ2v) is 3.92. The number of aliphatic carboxylic acids is 1. The Kier molecular flexibility index (Phi) is 2.44. The number of rotatable bonds is 3. The number of carboxylic acids is 1. The van der Waals surface area contributed by atoms with Crippen molar-refractivity contribution in [2.24, 2.45) is 7.05 Å². The van der Waals surface area contributed by atoms with Crippen LogP contribution in [0.3, 0.4) is 0 Å². The van der Waals surface area contributed by atoms with Crippen molar-refractivity contribution in [3.8, 4) is 0 Å². The van der Waals surface area contributed by atoms with E-state index in [9.17, 15) is 9.90 Å². The molecule has 1 fully saturated rings. The van der Waals surface area contributed by atoms with Gasteiger partial charge in [-0.1, -0.05) is 0 Å². The standard InChI is InChI=1S/C9H14N4O2/c1-13-11-6-7(12-13)5-9(8(14)15)3-2-4-10-9/h6,10H,2-5H2,1H3,(H,14,15). The van der Waals surface area contributed by atoms with E-state index in [0.29, 0.717) is 18.5 Å². The van der Waals surface area contributed by atoms with Crippen LogP contribution in [0.15, 0.2) is 6.20 Å². The first-order valence-electron chi connectivity index (χ1n) is 4.96. The number of aromatic nitrogens is 3.